The summed E-state index contributed by atoms with van der Waals surface area (Å²) in [7, 11) is 1.26. The molecule has 0 saturated heterocycles. The minimum atomic E-state index is -0.566. The molecule has 0 aromatic carbocycles. The van der Waals surface area contributed by atoms with Crippen LogP contribution in [0.2, 0.25) is 5.15 Å². The third-order valence-electron chi connectivity index (χ3n) is 2.29. The van der Waals surface area contributed by atoms with E-state index in [1.807, 2.05) is 0 Å². The highest BCUT2D eigenvalue weighted by Crippen LogP contribution is 2.27. The minimum absolute atomic E-state index is 0.0268. The number of hydrogen-bond donors (Lipinski definition) is 2. The Balaban J connectivity index is 1.91. The molecule has 7 nitrogen and oxygen atoms in total. The number of esters is 1. The largest absolute Gasteiger partial charge is 0.465 e. The van der Waals surface area contributed by atoms with Gasteiger partial charge in [-0.1, -0.05) is 29.0 Å². The molecule has 0 spiro atoms. The van der Waals surface area contributed by atoms with Crippen molar-refractivity contribution in [1.29, 1.82) is 0 Å². The first-order chi connectivity index (χ1) is 10.1. The summed E-state index contributed by atoms with van der Waals surface area (Å²) in [5, 5.41) is 5.79. The zero-order valence-electron chi connectivity index (χ0n) is 10.9. The summed E-state index contributed by atoms with van der Waals surface area (Å²) in [5.74, 6) is -0.403. The van der Waals surface area contributed by atoms with E-state index in [0.717, 1.165) is 11.3 Å². The van der Waals surface area contributed by atoms with E-state index in [1.54, 1.807) is 24.4 Å². The first-order valence-corrected chi connectivity index (χ1v) is 6.99. The van der Waals surface area contributed by atoms with Crippen LogP contribution in [0.4, 0.5) is 10.9 Å². The van der Waals surface area contributed by atoms with E-state index in [-0.39, 0.29) is 22.5 Å². The van der Waals surface area contributed by atoms with Crippen molar-refractivity contribution in [1.82, 2.24) is 9.97 Å². The number of rotatable bonds is 5. The number of halogens is 1. The van der Waals surface area contributed by atoms with Gasteiger partial charge in [0.25, 0.3) is 0 Å². The van der Waals surface area contributed by atoms with Crippen LogP contribution in [0.15, 0.2) is 24.4 Å². The first-order valence-electron chi connectivity index (χ1n) is 5.79. The highest BCUT2D eigenvalue weighted by molar-refractivity contribution is 7.18. The van der Waals surface area contributed by atoms with Gasteiger partial charge in [-0.25, -0.2) is 14.8 Å². The molecule has 2 N–H and O–H groups in total. The van der Waals surface area contributed by atoms with Crippen LogP contribution in [0.1, 0.15) is 9.67 Å². The van der Waals surface area contributed by atoms with E-state index >= 15 is 0 Å². The molecule has 0 atom stereocenters. The second-order valence-corrected chi connectivity index (χ2v) is 5.10. The van der Waals surface area contributed by atoms with Crippen molar-refractivity contribution < 1.29 is 14.3 Å². The molecule has 1 amide bonds. The highest BCUT2D eigenvalue weighted by Gasteiger charge is 2.17. The number of pyridine rings is 1. The summed E-state index contributed by atoms with van der Waals surface area (Å²) in [6.45, 7) is -0.0268. The molecule has 0 saturated carbocycles. The number of methoxy groups -OCH3 is 1. The lowest BCUT2D eigenvalue weighted by molar-refractivity contribution is -0.114. The van der Waals surface area contributed by atoms with Gasteiger partial charge < -0.3 is 15.4 Å². The SMILES string of the molecule is COC(=O)c1sc(NCC(=O)Nc2ccccn2)nc1Cl. The zero-order chi connectivity index (χ0) is 15.2. The Morgan fingerprint density at radius 1 is 1.43 bits per heavy atom. The van der Waals surface area contributed by atoms with Crippen molar-refractivity contribution in [2.75, 3.05) is 24.3 Å². The normalized spacial score (nSPS) is 10.0. The predicted molar refractivity (Wildman–Crippen MR) is 79.8 cm³/mol. The number of carbonyl (C=O) groups is 2. The second-order valence-electron chi connectivity index (χ2n) is 3.75. The average molecular weight is 327 g/mol. The molecule has 9 heteroatoms. The topological polar surface area (TPSA) is 93.2 Å². The number of anilines is 2. The van der Waals surface area contributed by atoms with E-state index in [9.17, 15) is 9.59 Å². The molecule has 0 radical (unpaired) electrons. The summed E-state index contributed by atoms with van der Waals surface area (Å²) in [4.78, 5) is 31.2. The van der Waals surface area contributed by atoms with Crippen LogP contribution >= 0.6 is 22.9 Å². The molecule has 0 bridgehead atoms. The maximum atomic E-state index is 11.7. The minimum Gasteiger partial charge on any atom is -0.465 e. The van der Waals surface area contributed by atoms with Gasteiger partial charge in [0.15, 0.2) is 15.2 Å². The first kappa shape index (κ1) is 15.2. The van der Waals surface area contributed by atoms with Gasteiger partial charge in [0.05, 0.1) is 13.7 Å². The fraction of sp³-hybridized carbons (Fsp3) is 0.167. The Bertz CT molecular complexity index is 647. The van der Waals surface area contributed by atoms with Crippen LogP contribution in [0, 0.1) is 0 Å². The lowest BCUT2D eigenvalue weighted by atomic mass is 10.4. The summed E-state index contributed by atoms with van der Waals surface area (Å²) >= 11 is 6.83. The van der Waals surface area contributed by atoms with Gasteiger partial charge in [-0.3, -0.25) is 4.79 Å². The molecule has 21 heavy (non-hydrogen) atoms. The molecule has 2 heterocycles. The predicted octanol–water partition coefficient (Wildman–Crippen LogP) is 2.03. The molecule has 0 unspecified atom stereocenters. The van der Waals surface area contributed by atoms with E-state index in [4.69, 9.17) is 11.6 Å². The number of nitrogens with one attached hydrogen (secondary N) is 2. The molecule has 0 aliphatic carbocycles. The Labute approximate surface area is 129 Å². The molecule has 110 valence electrons. The number of aromatic nitrogens is 2. The van der Waals surface area contributed by atoms with Crippen LogP contribution in [-0.2, 0) is 9.53 Å². The van der Waals surface area contributed by atoms with Crippen molar-refractivity contribution in [2.24, 2.45) is 0 Å². The maximum Gasteiger partial charge on any atom is 0.351 e. The van der Waals surface area contributed by atoms with Gasteiger partial charge in [0, 0.05) is 6.20 Å². The Morgan fingerprint density at radius 2 is 2.24 bits per heavy atom. The third kappa shape index (κ3) is 4.14. The van der Waals surface area contributed by atoms with E-state index < -0.39 is 5.97 Å². The van der Waals surface area contributed by atoms with E-state index in [1.165, 1.54) is 7.11 Å². The Morgan fingerprint density at radius 3 is 2.90 bits per heavy atom. The highest BCUT2D eigenvalue weighted by atomic mass is 35.5. The van der Waals surface area contributed by atoms with Crippen molar-refractivity contribution in [3.8, 4) is 0 Å². The zero-order valence-corrected chi connectivity index (χ0v) is 12.5. The van der Waals surface area contributed by atoms with Crippen molar-refractivity contribution in [3.05, 3.63) is 34.4 Å². The lowest BCUT2D eigenvalue weighted by Gasteiger charge is -2.04. The van der Waals surface area contributed by atoms with Crippen molar-refractivity contribution >= 4 is 45.8 Å². The summed E-state index contributed by atoms with van der Waals surface area (Å²) in [6.07, 6.45) is 1.58. The summed E-state index contributed by atoms with van der Waals surface area (Å²) in [6, 6.07) is 5.19. The quantitative estimate of drug-likeness (QED) is 0.817. The van der Waals surface area contributed by atoms with Crippen molar-refractivity contribution in [3.63, 3.8) is 0 Å². The number of thiazole rings is 1. The van der Waals surface area contributed by atoms with Crippen LogP contribution in [-0.4, -0.2) is 35.5 Å². The van der Waals surface area contributed by atoms with Crippen LogP contribution < -0.4 is 10.6 Å². The van der Waals surface area contributed by atoms with E-state index in [0.29, 0.717) is 10.9 Å². The maximum absolute atomic E-state index is 11.7. The molecule has 0 fully saturated rings. The number of amides is 1. The molecule has 2 aromatic rings. The molecular formula is C12H11ClN4O3S. The van der Waals surface area contributed by atoms with Crippen LogP contribution in [0.3, 0.4) is 0 Å². The lowest BCUT2D eigenvalue weighted by Crippen LogP contribution is -2.22. The van der Waals surface area contributed by atoms with Gasteiger partial charge in [0.2, 0.25) is 5.91 Å². The number of hydrogen-bond acceptors (Lipinski definition) is 7. The van der Waals surface area contributed by atoms with Gasteiger partial charge in [-0.05, 0) is 12.1 Å². The molecule has 2 rings (SSSR count). The van der Waals surface area contributed by atoms with Crippen LogP contribution in [0.25, 0.3) is 0 Å². The fourth-order valence-corrected chi connectivity index (χ4v) is 2.47. The van der Waals surface area contributed by atoms with Gasteiger partial charge in [-0.15, -0.1) is 0 Å². The fourth-order valence-electron chi connectivity index (χ4n) is 1.38. The Hall–Kier alpha value is -2.19. The monoisotopic (exact) mass is 326 g/mol. The van der Waals surface area contributed by atoms with Gasteiger partial charge >= 0.3 is 5.97 Å². The summed E-state index contributed by atoms with van der Waals surface area (Å²) < 4.78 is 4.57. The standard InChI is InChI=1S/C12H11ClN4O3S/c1-20-11(19)9-10(13)17-12(21-9)15-6-8(18)16-7-4-2-3-5-14-7/h2-5H,6H2,1H3,(H,15,17)(H,14,16,18). The van der Waals surface area contributed by atoms with Crippen molar-refractivity contribution in [2.45, 2.75) is 0 Å². The molecular weight excluding hydrogens is 316 g/mol. The Kier molecular flexibility index (Phi) is 5.07. The molecule has 0 aliphatic heterocycles. The smallest absolute Gasteiger partial charge is 0.351 e. The number of carbonyl (C=O) groups excluding carboxylic acids is 2. The summed E-state index contributed by atoms with van der Waals surface area (Å²) in [5.41, 5.74) is 0. The number of nitrogens with zero attached hydrogens (tertiary/aromatic N) is 2. The van der Waals surface area contributed by atoms with Gasteiger partial charge in [-0.2, -0.15) is 0 Å². The number of ether oxygens (including phenoxy) is 1. The van der Waals surface area contributed by atoms with E-state index in [2.05, 4.69) is 25.3 Å². The van der Waals surface area contributed by atoms with Crippen LogP contribution in [0.5, 0.6) is 0 Å². The second kappa shape index (κ2) is 7.00. The third-order valence-corrected chi connectivity index (χ3v) is 3.67. The molecule has 2 aromatic heterocycles. The average Bonchev–Trinajstić information content (AvgIpc) is 2.86. The van der Waals surface area contributed by atoms with Gasteiger partial charge in [0.1, 0.15) is 5.82 Å². The molecule has 0 aliphatic rings.